The predicted octanol–water partition coefficient (Wildman–Crippen LogP) is 2.01. The maximum absolute atomic E-state index is 10.9. The topological polar surface area (TPSA) is 64.3 Å². The first-order valence-corrected chi connectivity index (χ1v) is 5.05. The highest BCUT2D eigenvalue weighted by atomic mass is 35.5. The smallest absolute Gasteiger partial charge is 0.257 e. The number of nitrogens with two attached hydrogens (primary N) is 1. The molecule has 0 saturated heterocycles. The van der Waals surface area contributed by atoms with E-state index in [1.807, 2.05) is 5.43 Å². The van der Waals surface area contributed by atoms with E-state index in [2.05, 4.69) is 0 Å². The Balaban J connectivity index is 3.00. The lowest BCUT2D eigenvalue weighted by Crippen LogP contribution is -2.27. The van der Waals surface area contributed by atoms with Crippen molar-refractivity contribution in [2.24, 2.45) is 5.84 Å². The molecule has 0 bridgehead atoms. The lowest BCUT2D eigenvalue weighted by molar-refractivity contribution is -0.116. The summed E-state index contributed by atoms with van der Waals surface area (Å²) in [5, 5.41) is 0.755. The zero-order chi connectivity index (χ0) is 12.1. The first kappa shape index (κ1) is 12.8. The van der Waals surface area contributed by atoms with Gasteiger partial charge >= 0.3 is 0 Å². The van der Waals surface area contributed by atoms with Gasteiger partial charge in [0.2, 0.25) is 0 Å². The Bertz CT molecular complexity index is 410. The molecule has 1 aromatic rings. The van der Waals surface area contributed by atoms with E-state index in [9.17, 15) is 4.79 Å². The molecule has 1 rings (SSSR count). The Morgan fingerprint density at radius 1 is 1.44 bits per heavy atom. The lowest BCUT2D eigenvalue weighted by atomic mass is 10.2. The summed E-state index contributed by atoms with van der Waals surface area (Å²) in [6.45, 7) is 0. The Kier molecular flexibility index (Phi) is 4.61. The van der Waals surface area contributed by atoms with Gasteiger partial charge in [-0.3, -0.25) is 10.2 Å². The zero-order valence-electron chi connectivity index (χ0n) is 8.46. The largest absolute Gasteiger partial charge is 0.494 e. The van der Waals surface area contributed by atoms with Crippen LogP contribution in [0.4, 0.5) is 0 Å². The molecule has 0 spiro atoms. The first-order chi connectivity index (χ1) is 7.58. The number of carbonyl (C=O) groups excluding carboxylic acids is 1. The van der Waals surface area contributed by atoms with E-state index in [1.165, 1.54) is 13.2 Å². The summed E-state index contributed by atoms with van der Waals surface area (Å²) in [5.74, 6) is 4.91. The normalized spacial score (nSPS) is 10.5. The number of carbonyl (C=O) groups is 1. The summed E-state index contributed by atoms with van der Waals surface area (Å²) in [6, 6.07) is 3.26. The molecule has 0 fully saturated rings. The summed E-state index contributed by atoms with van der Waals surface area (Å²) in [6.07, 6.45) is 2.81. The van der Waals surface area contributed by atoms with Crippen molar-refractivity contribution in [1.29, 1.82) is 0 Å². The van der Waals surface area contributed by atoms with Gasteiger partial charge in [-0.05, 0) is 23.8 Å². The molecule has 0 aromatic heterocycles. The summed E-state index contributed by atoms with van der Waals surface area (Å²) >= 11 is 11.8. The second-order valence-electron chi connectivity index (χ2n) is 2.86. The van der Waals surface area contributed by atoms with E-state index in [0.717, 1.165) is 0 Å². The highest BCUT2D eigenvalue weighted by molar-refractivity contribution is 6.37. The van der Waals surface area contributed by atoms with E-state index in [0.29, 0.717) is 21.4 Å². The summed E-state index contributed by atoms with van der Waals surface area (Å²) in [4.78, 5) is 10.9. The number of methoxy groups -OCH3 is 1. The minimum atomic E-state index is -0.414. The van der Waals surface area contributed by atoms with Crippen LogP contribution < -0.4 is 16.0 Å². The SMILES string of the molecule is COc1c(Cl)cc(/C=C/C(=O)NN)cc1Cl. The van der Waals surface area contributed by atoms with Gasteiger partial charge in [0, 0.05) is 6.08 Å². The molecule has 0 saturated carbocycles. The molecule has 4 nitrogen and oxygen atoms in total. The minimum absolute atomic E-state index is 0.378. The summed E-state index contributed by atoms with van der Waals surface area (Å²) < 4.78 is 4.99. The van der Waals surface area contributed by atoms with E-state index in [-0.39, 0.29) is 0 Å². The van der Waals surface area contributed by atoms with Crippen LogP contribution >= 0.6 is 23.2 Å². The van der Waals surface area contributed by atoms with Crippen molar-refractivity contribution in [2.45, 2.75) is 0 Å². The fourth-order valence-electron chi connectivity index (χ4n) is 1.09. The molecule has 1 aromatic carbocycles. The number of hydrogen-bond acceptors (Lipinski definition) is 3. The number of nitrogens with one attached hydrogen (secondary N) is 1. The molecule has 0 aliphatic carbocycles. The molecule has 0 aliphatic rings. The number of amides is 1. The Labute approximate surface area is 103 Å². The van der Waals surface area contributed by atoms with Crippen molar-refractivity contribution in [1.82, 2.24) is 5.43 Å². The Hall–Kier alpha value is -1.23. The highest BCUT2D eigenvalue weighted by Crippen LogP contribution is 2.34. The van der Waals surface area contributed by atoms with Crippen molar-refractivity contribution in [3.63, 3.8) is 0 Å². The molecular weight excluding hydrogens is 251 g/mol. The van der Waals surface area contributed by atoms with Crippen LogP contribution in [0.25, 0.3) is 6.08 Å². The second kappa shape index (κ2) is 5.75. The predicted molar refractivity (Wildman–Crippen MR) is 64.4 cm³/mol. The van der Waals surface area contributed by atoms with Crippen LogP contribution in [0.1, 0.15) is 5.56 Å². The fraction of sp³-hybridized carbons (Fsp3) is 0.100. The van der Waals surface area contributed by atoms with Crippen LogP contribution in [-0.4, -0.2) is 13.0 Å². The van der Waals surface area contributed by atoms with E-state index in [4.69, 9.17) is 33.8 Å². The van der Waals surface area contributed by atoms with Crippen LogP contribution in [0.5, 0.6) is 5.75 Å². The van der Waals surface area contributed by atoms with Crippen molar-refractivity contribution >= 4 is 35.2 Å². The van der Waals surface area contributed by atoms with Gasteiger partial charge in [0.25, 0.3) is 5.91 Å². The quantitative estimate of drug-likeness (QED) is 0.378. The van der Waals surface area contributed by atoms with Gasteiger partial charge in [-0.1, -0.05) is 23.2 Å². The molecule has 6 heteroatoms. The molecule has 0 aliphatic heterocycles. The van der Waals surface area contributed by atoms with Crippen LogP contribution in [-0.2, 0) is 4.79 Å². The van der Waals surface area contributed by atoms with Gasteiger partial charge in [-0.2, -0.15) is 0 Å². The van der Waals surface area contributed by atoms with Gasteiger partial charge < -0.3 is 4.74 Å². The van der Waals surface area contributed by atoms with Crippen molar-refractivity contribution in [3.8, 4) is 5.75 Å². The number of rotatable bonds is 3. The molecule has 1 amide bonds. The molecule has 0 unspecified atom stereocenters. The maximum atomic E-state index is 10.9. The van der Waals surface area contributed by atoms with E-state index >= 15 is 0 Å². The van der Waals surface area contributed by atoms with Gasteiger partial charge in [-0.25, -0.2) is 5.84 Å². The molecule has 0 atom stereocenters. The maximum Gasteiger partial charge on any atom is 0.257 e. The third kappa shape index (κ3) is 3.13. The van der Waals surface area contributed by atoms with Crippen molar-refractivity contribution < 1.29 is 9.53 Å². The molecule has 0 radical (unpaired) electrons. The average molecular weight is 261 g/mol. The third-order valence-electron chi connectivity index (χ3n) is 1.79. The number of hydrazine groups is 1. The van der Waals surface area contributed by atoms with E-state index in [1.54, 1.807) is 18.2 Å². The summed E-state index contributed by atoms with van der Waals surface area (Å²) in [7, 11) is 1.48. The van der Waals surface area contributed by atoms with Gasteiger partial charge in [0.1, 0.15) is 0 Å². The van der Waals surface area contributed by atoms with Crippen molar-refractivity contribution in [2.75, 3.05) is 7.11 Å². The van der Waals surface area contributed by atoms with Crippen LogP contribution in [0, 0.1) is 0 Å². The Morgan fingerprint density at radius 3 is 2.44 bits per heavy atom. The molecule has 16 heavy (non-hydrogen) atoms. The van der Waals surface area contributed by atoms with Gasteiger partial charge in [-0.15, -0.1) is 0 Å². The van der Waals surface area contributed by atoms with Crippen LogP contribution in [0.3, 0.4) is 0 Å². The van der Waals surface area contributed by atoms with Gasteiger partial charge in [0.15, 0.2) is 5.75 Å². The molecule has 0 heterocycles. The molecular formula is C10H10Cl2N2O2. The Morgan fingerprint density at radius 2 is 2.00 bits per heavy atom. The van der Waals surface area contributed by atoms with Gasteiger partial charge in [0.05, 0.1) is 17.2 Å². The molecule has 86 valence electrons. The number of hydrogen-bond donors (Lipinski definition) is 2. The number of benzene rings is 1. The minimum Gasteiger partial charge on any atom is -0.494 e. The van der Waals surface area contributed by atoms with Crippen LogP contribution in [0.2, 0.25) is 10.0 Å². The first-order valence-electron chi connectivity index (χ1n) is 4.30. The highest BCUT2D eigenvalue weighted by Gasteiger charge is 2.07. The van der Waals surface area contributed by atoms with E-state index < -0.39 is 5.91 Å². The van der Waals surface area contributed by atoms with Crippen LogP contribution in [0.15, 0.2) is 18.2 Å². The number of ether oxygens (including phenoxy) is 1. The monoisotopic (exact) mass is 260 g/mol. The average Bonchev–Trinajstić information content (AvgIpc) is 2.25. The lowest BCUT2D eigenvalue weighted by Gasteiger charge is -2.06. The zero-order valence-corrected chi connectivity index (χ0v) is 9.97. The number of halogens is 2. The molecule has 3 N–H and O–H groups in total. The van der Waals surface area contributed by atoms with Crippen molar-refractivity contribution in [3.05, 3.63) is 33.8 Å². The standard InChI is InChI=1S/C10H10Cl2N2O2/c1-16-10-7(11)4-6(5-8(10)12)2-3-9(15)14-13/h2-5H,13H2,1H3,(H,14,15)/b3-2+. The third-order valence-corrected chi connectivity index (χ3v) is 2.36. The fourth-order valence-corrected chi connectivity index (χ4v) is 1.75. The summed E-state index contributed by atoms with van der Waals surface area (Å²) in [5.41, 5.74) is 2.65. The second-order valence-corrected chi connectivity index (χ2v) is 3.67.